The molecule has 11 rings (SSSR count). The zero-order chi connectivity index (χ0) is 55.2. The molecule has 1 aromatic carbocycles. The lowest BCUT2D eigenvalue weighted by atomic mass is 9.44. The average Bonchev–Trinajstić information content (AvgIpc) is 4.30. The van der Waals surface area contributed by atoms with Gasteiger partial charge in [0.15, 0.2) is 17.5 Å². The van der Waals surface area contributed by atoms with Crippen LogP contribution in [0.2, 0.25) is 0 Å². The first-order valence-corrected chi connectivity index (χ1v) is 29.2. The lowest BCUT2D eigenvalue weighted by molar-refractivity contribution is -0.190. The maximum absolute atomic E-state index is 15.5. The number of aromatic nitrogens is 1. The minimum absolute atomic E-state index is 0.00769. The van der Waals surface area contributed by atoms with Gasteiger partial charge in [0.05, 0.1) is 54.3 Å². The number of aliphatic hydroxyl groups excluding tert-OH is 3. The number of aliphatic hydroxyl groups is 5. The molecular formula is C63H83N5O10. The number of ketones is 2. The van der Waals surface area contributed by atoms with Crippen molar-refractivity contribution < 1.29 is 49.8 Å². The lowest BCUT2D eigenvalue weighted by Gasteiger charge is -2.62. The van der Waals surface area contributed by atoms with Gasteiger partial charge in [-0.3, -0.25) is 19.4 Å². The highest BCUT2D eigenvalue weighted by Crippen LogP contribution is 2.72. The van der Waals surface area contributed by atoms with Crippen molar-refractivity contribution in [2.45, 2.75) is 147 Å². The van der Waals surface area contributed by atoms with Crippen molar-refractivity contribution in [1.29, 1.82) is 0 Å². The molecule has 2 heterocycles. The Hall–Kier alpha value is -5.24. The summed E-state index contributed by atoms with van der Waals surface area (Å²) in [5, 5.41) is 77.1. The van der Waals surface area contributed by atoms with Crippen molar-refractivity contribution in [2.75, 3.05) is 19.7 Å². The van der Waals surface area contributed by atoms with E-state index in [1.807, 2.05) is 25.4 Å². The molecular weight excluding hydrogens is 987 g/mol. The monoisotopic (exact) mass is 1070 g/mol. The van der Waals surface area contributed by atoms with E-state index in [2.05, 4.69) is 59.2 Å². The van der Waals surface area contributed by atoms with Crippen molar-refractivity contribution in [3.63, 3.8) is 0 Å². The van der Waals surface area contributed by atoms with Gasteiger partial charge in [-0.2, -0.15) is 0 Å². The standard InChI is InChI=1S/C63H83N5O10/c1-33-8-12-36-26-37-13-17-43-42(45-32-78-58(75)52(45)39-19-22-66-30-39)7-5-6-38-28-63(77)54-46(18-20-62(63,21-23-67-59(64)65)57(38)61(4,76)50(73)25-34(2)51(37)53(43)44(36)24-33)60(3)29-49(72)48(71)27-47(60)56(74)55(54)68-31-41(70)16-11-35-9-14-40(69)15-10-35/h9-10,13-15,17,19,22,26,30,33-34,37-38,42-53,57,66,68-69,71-73,76-77H,6,8,11-12,16,18,20-21,23-25,27-29,31-32H2,1-4H3,(H4,64,65,67). The number of Topliss-reactive ketones (excluding diaryl/α,β-unsaturated/α-hetero) is 2. The van der Waals surface area contributed by atoms with Gasteiger partial charge < -0.3 is 57.1 Å². The Bertz CT molecular complexity index is 2830. The number of fused-ring (bicyclic) bond motifs is 8. The van der Waals surface area contributed by atoms with Crippen molar-refractivity contribution in [3.8, 4) is 17.6 Å². The average molecular weight is 1070 g/mol. The topological polar surface area (TPSA) is 274 Å². The van der Waals surface area contributed by atoms with E-state index in [4.69, 9.17) is 16.2 Å². The summed E-state index contributed by atoms with van der Waals surface area (Å²) >= 11 is 0. The molecule has 15 nitrogen and oxygen atoms in total. The summed E-state index contributed by atoms with van der Waals surface area (Å²) in [5.41, 5.74) is 9.99. The number of aromatic hydroxyl groups is 1. The molecule has 420 valence electrons. The van der Waals surface area contributed by atoms with Crippen LogP contribution in [0, 0.1) is 99.6 Å². The van der Waals surface area contributed by atoms with Crippen molar-refractivity contribution >= 4 is 23.5 Å². The van der Waals surface area contributed by atoms with Gasteiger partial charge in [0.2, 0.25) is 0 Å². The molecule has 21 atom stereocenters. The summed E-state index contributed by atoms with van der Waals surface area (Å²) in [6, 6.07) is 8.61. The number of benzene rings is 1. The molecule has 1 aliphatic heterocycles. The number of aryl methyl sites for hydroxylation is 1. The second kappa shape index (κ2) is 20.7. The quantitative estimate of drug-likeness (QED) is 0.0423. The fourth-order valence-corrected chi connectivity index (χ4v) is 18.5. The number of allylic oxidation sites excluding steroid dienone is 5. The first kappa shape index (κ1) is 54.7. The lowest BCUT2D eigenvalue weighted by Crippen LogP contribution is -2.65. The van der Waals surface area contributed by atoms with Gasteiger partial charge in [0.1, 0.15) is 5.75 Å². The number of nitrogens with two attached hydrogens (primary N) is 2. The minimum Gasteiger partial charge on any atom is -0.508 e. The van der Waals surface area contributed by atoms with E-state index in [0.29, 0.717) is 36.7 Å². The Morgan fingerprint density at radius 2 is 1.74 bits per heavy atom. The van der Waals surface area contributed by atoms with Crippen LogP contribution in [0.3, 0.4) is 0 Å². The second-order valence-corrected chi connectivity index (χ2v) is 26.3. The Morgan fingerprint density at radius 1 is 0.962 bits per heavy atom. The maximum atomic E-state index is 15.5. The summed E-state index contributed by atoms with van der Waals surface area (Å²) in [6.45, 7) is 8.33. The molecule has 12 N–H and O–H groups in total. The van der Waals surface area contributed by atoms with E-state index in [9.17, 15) is 40.2 Å². The van der Waals surface area contributed by atoms with Crippen LogP contribution >= 0.6 is 0 Å². The number of carbonyl (C=O) groups is 3. The Kier molecular flexibility index (Phi) is 14.5. The molecule has 0 radical (unpaired) electrons. The highest BCUT2D eigenvalue weighted by Gasteiger charge is 2.74. The molecule has 4 saturated carbocycles. The predicted octanol–water partition coefficient (Wildman–Crippen LogP) is 5.74. The molecule has 0 spiro atoms. The van der Waals surface area contributed by atoms with Crippen LogP contribution in [0.5, 0.6) is 5.75 Å². The number of phenols is 1. The van der Waals surface area contributed by atoms with Crippen LogP contribution in [0.15, 0.2) is 82.8 Å². The number of aliphatic imine (C=N–C) groups is 1. The summed E-state index contributed by atoms with van der Waals surface area (Å²) in [4.78, 5) is 51.0. The fourth-order valence-electron chi connectivity index (χ4n) is 18.5. The van der Waals surface area contributed by atoms with E-state index in [1.54, 1.807) is 31.2 Å². The maximum Gasteiger partial charge on any atom is 0.313 e. The van der Waals surface area contributed by atoms with Gasteiger partial charge in [-0.05, 0) is 171 Å². The van der Waals surface area contributed by atoms with Gasteiger partial charge in [-0.1, -0.05) is 62.6 Å². The third-order valence-corrected chi connectivity index (χ3v) is 22.0. The number of esters is 1. The van der Waals surface area contributed by atoms with Gasteiger partial charge in [-0.25, -0.2) is 0 Å². The number of cyclic esters (lactones) is 1. The second-order valence-electron chi connectivity index (χ2n) is 26.3. The number of nitrogens with one attached hydrogen (secondary N) is 2. The first-order valence-electron chi connectivity index (χ1n) is 29.2. The molecule has 2 aromatic rings. The van der Waals surface area contributed by atoms with Gasteiger partial charge in [0, 0.05) is 60.9 Å². The first-order chi connectivity index (χ1) is 37.2. The van der Waals surface area contributed by atoms with Crippen molar-refractivity contribution in [3.05, 3.63) is 88.9 Å². The number of phenolic OH excluding ortho intramolecular Hbond substituents is 1. The van der Waals surface area contributed by atoms with Crippen molar-refractivity contribution in [1.82, 2.24) is 10.3 Å². The minimum atomic E-state index is -1.86. The molecule has 5 fully saturated rings. The Morgan fingerprint density at radius 3 is 2.49 bits per heavy atom. The number of nitrogens with zero attached hydrogens (tertiary/aromatic N) is 1. The van der Waals surface area contributed by atoms with E-state index in [-0.39, 0.29) is 141 Å². The van der Waals surface area contributed by atoms with Crippen molar-refractivity contribution in [2.24, 2.45) is 104 Å². The fraction of sp³-hybridized carbons (Fsp3) is 0.651. The number of H-pyrrole nitrogens is 1. The Labute approximate surface area is 458 Å². The van der Waals surface area contributed by atoms with E-state index < -0.39 is 69.9 Å². The predicted molar refractivity (Wildman–Crippen MR) is 293 cm³/mol. The molecule has 9 aliphatic rings. The van der Waals surface area contributed by atoms with E-state index in [1.165, 1.54) is 5.57 Å². The SMILES string of the molecule is CC1CCC2=CC3C=CC4C(C5COC(=O)C5c5cc[nH]c5)C#CCC5CC6(O)C7=C(NCC(=O)CCc8ccc(O)cc8)C(=O)C8CC(O)C(O)CC8(C)C7CCC6(CCN=C(N)N)C5C(C)(O)C(O)CC(C)C3C4C2C1. The zero-order valence-electron chi connectivity index (χ0n) is 45.8. The summed E-state index contributed by atoms with van der Waals surface area (Å²) < 4.78 is 6.01. The third-order valence-electron chi connectivity index (χ3n) is 22.0. The summed E-state index contributed by atoms with van der Waals surface area (Å²) in [6.07, 6.45) is 12.7. The molecule has 1 aromatic heterocycles. The normalized spacial score (nSPS) is 43.6. The number of guanidine groups is 1. The number of hydrogen-bond donors (Lipinski definition) is 10. The number of ether oxygens (including phenoxy) is 1. The highest BCUT2D eigenvalue weighted by atomic mass is 16.5. The number of carbonyl (C=O) groups excluding carboxylic acids is 3. The van der Waals surface area contributed by atoms with Gasteiger partial charge in [-0.15, -0.1) is 5.92 Å². The Balaban J connectivity index is 1.06. The van der Waals surface area contributed by atoms with Crippen LogP contribution in [0.25, 0.3) is 0 Å². The van der Waals surface area contributed by atoms with E-state index in [0.717, 1.165) is 30.4 Å². The van der Waals surface area contributed by atoms with Gasteiger partial charge >= 0.3 is 5.97 Å². The molecule has 15 heteroatoms. The summed E-state index contributed by atoms with van der Waals surface area (Å²) in [5.74, 6) is 4.07. The van der Waals surface area contributed by atoms with Crippen LogP contribution in [-0.4, -0.2) is 108 Å². The number of hydrogen-bond acceptors (Lipinski definition) is 12. The smallest absolute Gasteiger partial charge is 0.313 e. The third kappa shape index (κ3) is 9.08. The molecule has 4 bridgehead atoms. The zero-order valence-corrected chi connectivity index (χ0v) is 45.8. The molecule has 8 aliphatic carbocycles. The molecule has 0 amide bonds. The number of rotatable bonds is 11. The summed E-state index contributed by atoms with van der Waals surface area (Å²) in [7, 11) is 0. The molecule has 21 unspecified atom stereocenters. The number of aromatic amines is 1. The van der Waals surface area contributed by atoms with Gasteiger partial charge in [0.25, 0.3) is 0 Å². The van der Waals surface area contributed by atoms with Crippen LogP contribution in [0.4, 0.5) is 0 Å². The van der Waals surface area contributed by atoms with Crippen LogP contribution in [0.1, 0.15) is 122 Å². The largest absolute Gasteiger partial charge is 0.508 e. The molecule has 1 saturated heterocycles. The van der Waals surface area contributed by atoms with Crippen LogP contribution < -0.4 is 16.8 Å². The van der Waals surface area contributed by atoms with E-state index >= 15 is 4.79 Å². The highest BCUT2D eigenvalue weighted by molar-refractivity contribution is 6.00. The molecule has 78 heavy (non-hydrogen) atoms. The van der Waals surface area contributed by atoms with Crippen LogP contribution in [-0.2, 0) is 25.5 Å².